The van der Waals surface area contributed by atoms with Crippen molar-refractivity contribution in [3.8, 4) is 11.5 Å². The van der Waals surface area contributed by atoms with Crippen LogP contribution in [0.25, 0.3) is 23.1 Å². The average Bonchev–Trinajstić information content (AvgIpc) is 2.78. The molecule has 1 heterocycles. The van der Waals surface area contributed by atoms with Crippen molar-refractivity contribution in [2.75, 3.05) is 38.8 Å². The summed E-state index contributed by atoms with van der Waals surface area (Å²) in [7, 11) is 4.00. The first-order chi connectivity index (χ1) is 15.0. The second-order valence-electron chi connectivity index (χ2n) is 7.44. The van der Waals surface area contributed by atoms with E-state index < -0.39 is 0 Å². The smallest absolute Gasteiger partial charge is 0.235 e. The van der Waals surface area contributed by atoms with Crippen LogP contribution in [0.15, 0.2) is 51.7 Å². The molecule has 2 aromatic carbocycles. The van der Waals surface area contributed by atoms with Gasteiger partial charge in [-0.15, -0.1) is 0 Å². The molecular weight excluding hydrogens is 392 g/mol. The van der Waals surface area contributed by atoms with Gasteiger partial charge in [0, 0.05) is 32.4 Å². The summed E-state index contributed by atoms with van der Waals surface area (Å²) in [5.41, 5.74) is 7.88. The van der Waals surface area contributed by atoms with Gasteiger partial charge in [-0.2, -0.15) is 0 Å². The fraction of sp³-hybridized carbons (Fsp3) is 0.320. The Labute approximate surface area is 182 Å². The molecule has 0 saturated carbocycles. The molecule has 0 aliphatic rings. The number of nitrogens with zero attached hydrogens (tertiary/aromatic N) is 1. The van der Waals surface area contributed by atoms with Gasteiger partial charge in [0.2, 0.25) is 11.2 Å². The minimum Gasteiger partial charge on any atom is -0.492 e. The first-order valence-corrected chi connectivity index (χ1v) is 10.6. The number of fused-ring (bicyclic) bond motifs is 1. The van der Waals surface area contributed by atoms with E-state index in [2.05, 4.69) is 6.92 Å². The van der Waals surface area contributed by atoms with Gasteiger partial charge >= 0.3 is 0 Å². The van der Waals surface area contributed by atoms with Crippen LogP contribution in [0.4, 0.5) is 5.69 Å². The molecule has 3 rings (SSSR count). The van der Waals surface area contributed by atoms with Crippen molar-refractivity contribution in [3.05, 3.63) is 64.0 Å². The zero-order valence-corrected chi connectivity index (χ0v) is 18.4. The zero-order chi connectivity index (χ0) is 22.2. The maximum absolute atomic E-state index is 13.1. The summed E-state index contributed by atoms with van der Waals surface area (Å²) in [4.78, 5) is 15.2. The van der Waals surface area contributed by atoms with Gasteiger partial charge in [-0.05, 0) is 42.3 Å². The van der Waals surface area contributed by atoms with E-state index in [-0.39, 0.29) is 11.2 Å². The molecule has 0 aliphatic carbocycles. The largest absolute Gasteiger partial charge is 0.492 e. The molecule has 2 N–H and O–H groups in total. The van der Waals surface area contributed by atoms with Crippen molar-refractivity contribution in [2.45, 2.75) is 19.8 Å². The Hall–Kier alpha value is -3.25. The van der Waals surface area contributed by atoms with Gasteiger partial charge in [0.15, 0.2) is 5.76 Å². The third-order valence-corrected chi connectivity index (χ3v) is 4.82. The van der Waals surface area contributed by atoms with Crippen LogP contribution in [0.5, 0.6) is 11.5 Å². The van der Waals surface area contributed by atoms with Gasteiger partial charge < -0.3 is 24.5 Å². The molecular formula is C25H30N2O4. The number of unbranched alkanes of at least 4 members (excludes halogenated alkanes) is 1. The van der Waals surface area contributed by atoms with Crippen molar-refractivity contribution in [2.24, 2.45) is 5.73 Å². The quantitative estimate of drug-likeness (QED) is 0.483. The van der Waals surface area contributed by atoms with Crippen molar-refractivity contribution in [1.82, 2.24) is 0 Å². The highest BCUT2D eigenvalue weighted by Gasteiger charge is 2.15. The van der Waals surface area contributed by atoms with Gasteiger partial charge in [-0.25, -0.2) is 0 Å². The fourth-order valence-corrected chi connectivity index (χ4v) is 3.06. The summed E-state index contributed by atoms with van der Waals surface area (Å²) in [5, 5.41) is 0.457. The summed E-state index contributed by atoms with van der Waals surface area (Å²) in [5.74, 6) is 1.23. The summed E-state index contributed by atoms with van der Waals surface area (Å²) in [6, 6.07) is 13.3. The second kappa shape index (κ2) is 10.7. The molecule has 0 aliphatic heterocycles. The Morgan fingerprint density at radius 1 is 1.03 bits per heavy atom. The van der Waals surface area contributed by atoms with Gasteiger partial charge in [0.1, 0.15) is 17.9 Å². The minimum atomic E-state index is -0.190. The lowest BCUT2D eigenvalue weighted by Crippen LogP contribution is -2.12. The first kappa shape index (κ1) is 22.4. The van der Waals surface area contributed by atoms with E-state index in [4.69, 9.17) is 19.6 Å². The monoisotopic (exact) mass is 422 g/mol. The van der Waals surface area contributed by atoms with E-state index in [1.807, 2.05) is 49.3 Å². The molecule has 0 saturated heterocycles. The molecule has 1 aromatic heterocycles. The number of nitrogens with two attached hydrogens (primary N) is 1. The van der Waals surface area contributed by atoms with Crippen LogP contribution in [-0.4, -0.2) is 33.9 Å². The molecule has 164 valence electrons. The van der Waals surface area contributed by atoms with Crippen LogP contribution in [0.2, 0.25) is 0 Å². The van der Waals surface area contributed by atoms with Gasteiger partial charge in [-0.3, -0.25) is 4.79 Å². The molecule has 0 radical (unpaired) electrons. The highest BCUT2D eigenvalue weighted by Crippen LogP contribution is 2.26. The Kier molecular flexibility index (Phi) is 7.73. The topological polar surface area (TPSA) is 77.9 Å². The van der Waals surface area contributed by atoms with Crippen LogP contribution < -0.4 is 25.5 Å². The molecule has 0 fully saturated rings. The van der Waals surface area contributed by atoms with E-state index in [1.165, 1.54) is 0 Å². The molecule has 0 atom stereocenters. The van der Waals surface area contributed by atoms with Crippen molar-refractivity contribution in [1.29, 1.82) is 0 Å². The highest BCUT2D eigenvalue weighted by atomic mass is 16.5. The zero-order valence-electron chi connectivity index (χ0n) is 18.4. The Morgan fingerprint density at radius 3 is 2.48 bits per heavy atom. The summed E-state index contributed by atoms with van der Waals surface area (Å²) < 4.78 is 17.5. The molecule has 0 amide bonds. The maximum atomic E-state index is 13.1. The minimum absolute atomic E-state index is 0.190. The molecule has 6 heteroatoms. The number of ether oxygens (including phenoxy) is 2. The van der Waals surface area contributed by atoms with Gasteiger partial charge in [0.05, 0.1) is 12.0 Å². The molecule has 0 unspecified atom stereocenters. The predicted octanol–water partition coefficient (Wildman–Crippen LogP) is 4.55. The molecule has 0 bridgehead atoms. The van der Waals surface area contributed by atoms with Crippen LogP contribution in [0.3, 0.4) is 0 Å². The lowest BCUT2D eigenvalue weighted by molar-refractivity contribution is 0.297. The Morgan fingerprint density at radius 2 is 1.81 bits per heavy atom. The number of hydrogen-bond donors (Lipinski definition) is 1. The summed E-state index contributed by atoms with van der Waals surface area (Å²) in [6.07, 6.45) is 5.52. The number of anilines is 1. The van der Waals surface area contributed by atoms with E-state index in [0.717, 1.165) is 24.1 Å². The Bertz CT molecular complexity index is 1090. The second-order valence-corrected chi connectivity index (χ2v) is 7.44. The highest BCUT2D eigenvalue weighted by molar-refractivity contribution is 5.82. The normalized spacial score (nSPS) is 11.2. The van der Waals surface area contributed by atoms with Gasteiger partial charge in [0.25, 0.3) is 0 Å². The van der Waals surface area contributed by atoms with Crippen molar-refractivity contribution in [3.63, 3.8) is 0 Å². The van der Waals surface area contributed by atoms with E-state index in [0.29, 0.717) is 42.2 Å². The Balaban J connectivity index is 2.00. The van der Waals surface area contributed by atoms with Crippen LogP contribution in [0, 0.1) is 0 Å². The molecule has 0 spiro atoms. The lowest BCUT2D eigenvalue weighted by atomic mass is 10.1. The van der Waals surface area contributed by atoms with E-state index in [1.54, 1.807) is 24.3 Å². The lowest BCUT2D eigenvalue weighted by Gasteiger charge is -2.12. The van der Waals surface area contributed by atoms with Crippen LogP contribution in [-0.2, 0) is 0 Å². The molecule has 31 heavy (non-hydrogen) atoms. The van der Waals surface area contributed by atoms with Crippen LogP contribution >= 0.6 is 0 Å². The van der Waals surface area contributed by atoms with E-state index in [9.17, 15) is 4.79 Å². The van der Waals surface area contributed by atoms with Crippen molar-refractivity contribution >= 4 is 28.8 Å². The fourth-order valence-electron chi connectivity index (χ4n) is 3.06. The third-order valence-electron chi connectivity index (χ3n) is 4.82. The average molecular weight is 423 g/mol. The third kappa shape index (κ3) is 5.67. The number of benzene rings is 2. The van der Waals surface area contributed by atoms with Crippen molar-refractivity contribution < 1.29 is 13.9 Å². The number of rotatable bonds is 10. The molecule has 6 nitrogen and oxygen atoms in total. The summed E-state index contributed by atoms with van der Waals surface area (Å²) >= 11 is 0. The standard InChI is InChI=1S/C25H30N2O4/c1-4-5-15-30-25-22(13-8-18-6-9-19(10-7-18)27(2)3)31-23-17-20(29-16-14-26)11-12-21(23)24(25)28/h6-13,17H,4-5,14-16,26H2,1-3H3/b13-8+. The SMILES string of the molecule is CCCCOc1c(/C=C/c2ccc(N(C)C)cc2)oc2cc(OCCN)ccc2c1=O. The summed E-state index contributed by atoms with van der Waals surface area (Å²) in [6.45, 7) is 3.34. The van der Waals surface area contributed by atoms with E-state index >= 15 is 0 Å². The maximum Gasteiger partial charge on any atom is 0.235 e. The number of hydrogen-bond acceptors (Lipinski definition) is 6. The van der Waals surface area contributed by atoms with Crippen LogP contribution in [0.1, 0.15) is 31.1 Å². The predicted molar refractivity (Wildman–Crippen MR) is 127 cm³/mol. The molecule has 3 aromatic rings. The first-order valence-electron chi connectivity index (χ1n) is 10.6. The van der Waals surface area contributed by atoms with Gasteiger partial charge in [-0.1, -0.05) is 31.6 Å².